The lowest BCUT2D eigenvalue weighted by Gasteiger charge is -2.15. The first kappa shape index (κ1) is 15.9. The SMILES string of the molecule is CCCCCC(C)NCCOC(C)COC. The van der Waals surface area contributed by atoms with Crippen molar-refractivity contribution in [2.24, 2.45) is 0 Å². The highest BCUT2D eigenvalue weighted by molar-refractivity contribution is 4.60. The van der Waals surface area contributed by atoms with Crippen molar-refractivity contribution in [3.63, 3.8) is 0 Å². The molecule has 0 aromatic heterocycles. The molecular formula is C13H29NO2. The minimum Gasteiger partial charge on any atom is -0.382 e. The van der Waals surface area contributed by atoms with E-state index in [1.54, 1.807) is 7.11 Å². The number of ether oxygens (including phenoxy) is 2. The predicted molar refractivity (Wildman–Crippen MR) is 68.9 cm³/mol. The fourth-order valence-electron chi connectivity index (χ4n) is 1.65. The summed E-state index contributed by atoms with van der Waals surface area (Å²) in [7, 11) is 1.70. The Morgan fingerprint density at radius 2 is 1.94 bits per heavy atom. The van der Waals surface area contributed by atoms with Crippen LogP contribution in [0.15, 0.2) is 0 Å². The lowest BCUT2D eigenvalue weighted by atomic mass is 10.1. The molecule has 98 valence electrons. The van der Waals surface area contributed by atoms with Gasteiger partial charge in [0.05, 0.1) is 19.3 Å². The van der Waals surface area contributed by atoms with Crippen molar-refractivity contribution < 1.29 is 9.47 Å². The Bertz CT molecular complexity index is 142. The Morgan fingerprint density at radius 1 is 1.19 bits per heavy atom. The largest absolute Gasteiger partial charge is 0.382 e. The maximum absolute atomic E-state index is 5.57. The zero-order chi connectivity index (χ0) is 12.2. The van der Waals surface area contributed by atoms with Gasteiger partial charge in [-0.2, -0.15) is 0 Å². The molecule has 0 spiro atoms. The fourth-order valence-corrected chi connectivity index (χ4v) is 1.65. The highest BCUT2D eigenvalue weighted by atomic mass is 16.5. The van der Waals surface area contributed by atoms with E-state index in [0.717, 1.165) is 13.2 Å². The average molecular weight is 231 g/mol. The summed E-state index contributed by atoms with van der Waals surface area (Å²) in [5.74, 6) is 0. The van der Waals surface area contributed by atoms with Crippen LogP contribution in [0, 0.1) is 0 Å². The standard InChI is InChI=1S/C13H29NO2/c1-5-6-7-8-12(2)14-9-10-16-13(3)11-15-4/h12-14H,5-11H2,1-4H3. The summed E-state index contributed by atoms with van der Waals surface area (Å²) in [6.07, 6.45) is 5.42. The summed E-state index contributed by atoms with van der Waals surface area (Å²) >= 11 is 0. The Labute approximate surface area is 101 Å². The molecule has 16 heavy (non-hydrogen) atoms. The Kier molecular flexibility index (Phi) is 11.3. The van der Waals surface area contributed by atoms with E-state index < -0.39 is 0 Å². The van der Waals surface area contributed by atoms with E-state index in [9.17, 15) is 0 Å². The summed E-state index contributed by atoms with van der Waals surface area (Å²) in [5, 5.41) is 3.47. The molecule has 0 amide bonds. The van der Waals surface area contributed by atoms with Crippen LogP contribution in [0.1, 0.15) is 46.5 Å². The minimum absolute atomic E-state index is 0.196. The molecule has 0 aromatic carbocycles. The third kappa shape index (κ3) is 10.4. The van der Waals surface area contributed by atoms with E-state index in [4.69, 9.17) is 9.47 Å². The van der Waals surface area contributed by atoms with Gasteiger partial charge in [0.1, 0.15) is 0 Å². The molecule has 1 N–H and O–H groups in total. The first-order valence-corrected chi connectivity index (χ1v) is 6.54. The third-order valence-electron chi connectivity index (χ3n) is 2.64. The monoisotopic (exact) mass is 231 g/mol. The second kappa shape index (κ2) is 11.4. The van der Waals surface area contributed by atoms with Crippen LogP contribution >= 0.6 is 0 Å². The first-order valence-electron chi connectivity index (χ1n) is 6.54. The van der Waals surface area contributed by atoms with E-state index in [1.165, 1.54) is 25.7 Å². The number of nitrogens with one attached hydrogen (secondary N) is 1. The first-order chi connectivity index (χ1) is 7.70. The van der Waals surface area contributed by atoms with E-state index >= 15 is 0 Å². The van der Waals surface area contributed by atoms with E-state index in [2.05, 4.69) is 19.2 Å². The highest BCUT2D eigenvalue weighted by Gasteiger charge is 2.02. The van der Waals surface area contributed by atoms with Crippen molar-refractivity contribution in [2.45, 2.75) is 58.6 Å². The molecule has 0 aliphatic carbocycles. The number of rotatable bonds is 11. The number of hydrogen-bond donors (Lipinski definition) is 1. The van der Waals surface area contributed by atoms with Gasteiger partial charge < -0.3 is 14.8 Å². The Balaban J connectivity index is 3.23. The maximum Gasteiger partial charge on any atom is 0.0780 e. The van der Waals surface area contributed by atoms with Gasteiger partial charge in [-0.15, -0.1) is 0 Å². The van der Waals surface area contributed by atoms with Gasteiger partial charge >= 0.3 is 0 Å². The summed E-state index contributed by atoms with van der Waals surface area (Å²) in [5.41, 5.74) is 0. The maximum atomic E-state index is 5.57. The fraction of sp³-hybridized carbons (Fsp3) is 1.00. The molecule has 0 rings (SSSR count). The van der Waals surface area contributed by atoms with Gasteiger partial charge in [-0.1, -0.05) is 26.2 Å². The molecule has 0 saturated heterocycles. The molecule has 0 fully saturated rings. The minimum atomic E-state index is 0.196. The smallest absolute Gasteiger partial charge is 0.0780 e. The van der Waals surface area contributed by atoms with Crippen molar-refractivity contribution in [3.8, 4) is 0 Å². The topological polar surface area (TPSA) is 30.5 Å². The quantitative estimate of drug-likeness (QED) is 0.554. The van der Waals surface area contributed by atoms with Crippen molar-refractivity contribution >= 4 is 0 Å². The molecule has 3 heteroatoms. The molecule has 0 radical (unpaired) electrons. The van der Waals surface area contributed by atoms with E-state index in [1.807, 2.05) is 6.92 Å². The average Bonchev–Trinajstić information content (AvgIpc) is 2.25. The van der Waals surface area contributed by atoms with E-state index in [0.29, 0.717) is 12.6 Å². The van der Waals surface area contributed by atoms with Gasteiger partial charge in [0, 0.05) is 19.7 Å². The van der Waals surface area contributed by atoms with Crippen molar-refractivity contribution in [1.29, 1.82) is 0 Å². The summed E-state index contributed by atoms with van der Waals surface area (Å²) < 4.78 is 10.6. The van der Waals surface area contributed by atoms with Gasteiger partial charge in [-0.05, 0) is 20.3 Å². The van der Waals surface area contributed by atoms with Crippen LogP contribution < -0.4 is 5.32 Å². The zero-order valence-electron chi connectivity index (χ0n) is 11.4. The van der Waals surface area contributed by atoms with Gasteiger partial charge in [-0.25, -0.2) is 0 Å². The van der Waals surface area contributed by atoms with Crippen molar-refractivity contribution in [1.82, 2.24) is 5.32 Å². The molecular weight excluding hydrogens is 202 g/mol. The van der Waals surface area contributed by atoms with E-state index in [-0.39, 0.29) is 6.10 Å². The Hall–Kier alpha value is -0.120. The van der Waals surface area contributed by atoms with Gasteiger partial charge in [0.15, 0.2) is 0 Å². The van der Waals surface area contributed by atoms with Crippen molar-refractivity contribution in [3.05, 3.63) is 0 Å². The second-order valence-corrected chi connectivity index (χ2v) is 4.49. The lowest BCUT2D eigenvalue weighted by molar-refractivity contribution is 0.0101. The predicted octanol–water partition coefficient (Wildman–Crippen LogP) is 2.60. The number of hydrogen-bond acceptors (Lipinski definition) is 3. The normalized spacial score (nSPS) is 15.0. The number of methoxy groups -OCH3 is 1. The molecule has 0 heterocycles. The summed E-state index contributed by atoms with van der Waals surface area (Å²) in [6.45, 7) is 8.89. The zero-order valence-corrected chi connectivity index (χ0v) is 11.4. The van der Waals surface area contributed by atoms with Crippen LogP contribution in [-0.4, -0.2) is 39.0 Å². The molecule has 0 saturated carbocycles. The van der Waals surface area contributed by atoms with Crippen LogP contribution in [0.3, 0.4) is 0 Å². The molecule has 2 atom stereocenters. The second-order valence-electron chi connectivity index (χ2n) is 4.49. The lowest BCUT2D eigenvalue weighted by Crippen LogP contribution is -2.30. The highest BCUT2D eigenvalue weighted by Crippen LogP contribution is 2.02. The summed E-state index contributed by atoms with van der Waals surface area (Å²) in [6, 6.07) is 0.605. The van der Waals surface area contributed by atoms with Crippen LogP contribution in [0.4, 0.5) is 0 Å². The molecule has 2 unspecified atom stereocenters. The molecule has 0 aliphatic rings. The molecule has 0 aromatic rings. The van der Waals surface area contributed by atoms with Gasteiger partial charge in [0.2, 0.25) is 0 Å². The van der Waals surface area contributed by atoms with Gasteiger partial charge in [0.25, 0.3) is 0 Å². The number of unbranched alkanes of at least 4 members (excludes halogenated alkanes) is 2. The van der Waals surface area contributed by atoms with Crippen LogP contribution in [0.5, 0.6) is 0 Å². The van der Waals surface area contributed by atoms with Crippen LogP contribution in [-0.2, 0) is 9.47 Å². The van der Waals surface area contributed by atoms with Crippen molar-refractivity contribution in [2.75, 3.05) is 26.9 Å². The van der Waals surface area contributed by atoms with Crippen LogP contribution in [0.25, 0.3) is 0 Å². The molecule has 3 nitrogen and oxygen atoms in total. The van der Waals surface area contributed by atoms with Gasteiger partial charge in [-0.3, -0.25) is 0 Å². The molecule has 0 aliphatic heterocycles. The summed E-state index contributed by atoms with van der Waals surface area (Å²) in [4.78, 5) is 0. The Morgan fingerprint density at radius 3 is 2.56 bits per heavy atom. The molecule has 0 bridgehead atoms. The third-order valence-corrected chi connectivity index (χ3v) is 2.64. The van der Waals surface area contributed by atoms with Crippen LogP contribution in [0.2, 0.25) is 0 Å².